The second kappa shape index (κ2) is 5.21. The minimum atomic E-state index is -0.0105. The van der Waals surface area contributed by atoms with Crippen LogP contribution < -0.4 is 11.2 Å². The highest BCUT2D eigenvalue weighted by Crippen LogP contribution is 2.08. The van der Waals surface area contributed by atoms with Gasteiger partial charge in [-0.15, -0.1) is 0 Å². The molecular formula is C13H15N3O. The number of nitrogens with two attached hydrogens (primary N) is 1. The fourth-order valence-corrected chi connectivity index (χ4v) is 1.62. The number of anilines is 1. The van der Waals surface area contributed by atoms with Gasteiger partial charge in [0.25, 0.3) is 0 Å². The van der Waals surface area contributed by atoms with Crippen molar-refractivity contribution in [1.29, 1.82) is 0 Å². The molecule has 17 heavy (non-hydrogen) atoms. The first-order chi connectivity index (χ1) is 8.24. The molecule has 0 radical (unpaired) electrons. The number of carbonyl (C=O) groups is 1. The maximum Gasteiger partial charge on any atom is 0.239 e. The van der Waals surface area contributed by atoms with Crippen LogP contribution in [-0.4, -0.2) is 10.6 Å². The van der Waals surface area contributed by atoms with Gasteiger partial charge in [0.05, 0.1) is 0 Å². The molecule has 1 aromatic heterocycles. The van der Waals surface area contributed by atoms with Crippen LogP contribution in [0.2, 0.25) is 0 Å². The predicted molar refractivity (Wildman–Crippen MR) is 68.0 cm³/mol. The molecule has 0 atom stereocenters. The third-order valence-electron chi connectivity index (χ3n) is 2.45. The molecule has 1 aromatic carbocycles. The molecule has 1 amide bonds. The van der Waals surface area contributed by atoms with Crippen LogP contribution in [0.15, 0.2) is 48.8 Å². The SMILES string of the molecule is Nc1cccc(CCC(=O)Nn2cccc2)c1. The number of hydrogen-bond acceptors (Lipinski definition) is 2. The summed E-state index contributed by atoms with van der Waals surface area (Å²) in [6, 6.07) is 11.3. The Hall–Kier alpha value is -2.23. The number of nitrogen functional groups attached to an aromatic ring is 1. The molecule has 0 spiro atoms. The zero-order valence-corrected chi connectivity index (χ0v) is 9.47. The third-order valence-corrected chi connectivity index (χ3v) is 2.45. The molecule has 3 N–H and O–H groups in total. The highest BCUT2D eigenvalue weighted by Gasteiger charge is 2.02. The van der Waals surface area contributed by atoms with Crippen LogP contribution in [0, 0.1) is 0 Å². The summed E-state index contributed by atoms with van der Waals surface area (Å²) in [6.07, 6.45) is 4.72. The van der Waals surface area contributed by atoms with E-state index in [2.05, 4.69) is 5.43 Å². The third kappa shape index (κ3) is 3.38. The van der Waals surface area contributed by atoms with Gasteiger partial charge in [-0.2, -0.15) is 0 Å². The summed E-state index contributed by atoms with van der Waals surface area (Å²) < 4.78 is 1.64. The summed E-state index contributed by atoms with van der Waals surface area (Å²) in [7, 11) is 0. The fraction of sp³-hybridized carbons (Fsp3) is 0.154. The lowest BCUT2D eigenvalue weighted by Gasteiger charge is -2.06. The van der Waals surface area contributed by atoms with Crippen LogP contribution in [0.5, 0.6) is 0 Å². The van der Waals surface area contributed by atoms with E-state index >= 15 is 0 Å². The number of nitrogens with zero attached hydrogens (tertiary/aromatic N) is 1. The minimum absolute atomic E-state index is 0.0105. The standard InChI is InChI=1S/C13H15N3O/c14-12-5-3-4-11(10-12)6-7-13(17)15-16-8-1-2-9-16/h1-5,8-10H,6-7,14H2,(H,15,17). The Kier molecular flexibility index (Phi) is 3.45. The monoisotopic (exact) mass is 229 g/mol. The van der Waals surface area contributed by atoms with Crippen molar-refractivity contribution in [2.75, 3.05) is 11.2 Å². The zero-order valence-electron chi connectivity index (χ0n) is 9.47. The molecule has 4 nitrogen and oxygen atoms in total. The second-order valence-corrected chi connectivity index (χ2v) is 3.87. The van der Waals surface area contributed by atoms with Crippen molar-refractivity contribution in [3.8, 4) is 0 Å². The van der Waals surface area contributed by atoms with Crippen LogP contribution >= 0.6 is 0 Å². The Morgan fingerprint density at radius 1 is 1.24 bits per heavy atom. The summed E-state index contributed by atoms with van der Waals surface area (Å²) >= 11 is 0. The van der Waals surface area contributed by atoms with Crippen LogP contribution in [0.4, 0.5) is 5.69 Å². The maximum absolute atomic E-state index is 11.6. The van der Waals surface area contributed by atoms with E-state index in [0.29, 0.717) is 12.8 Å². The topological polar surface area (TPSA) is 60.1 Å². The number of aryl methyl sites for hydroxylation is 1. The molecule has 0 aliphatic carbocycles. The molecule has 0 unspecified atom stereocenters. The summed E-state index contributed by atoms with van der Waals surface area (Å²) in [4.78, 5) is 11.6. The molecule has 0 aliphatic heterocycles. The molecule has 0 bridgehead atoms. The predicted octanol–water partition coefficient (Wildman–Crippen LogP) is 1.77. The van der Waals surface area contributed by atoms with Crippen molar-refractivity contribution in [2.45, 2.75) is 12.8 Å². The van der Waals surface area contributed by atoms with Crippen LogP contribution in [-0.2, 0) is 11.2 Å². The lowest BCUT2D eigenvalue weighted by atomic mass is 10.1. The van der Waals surface area contributed by atoms with Crippen molar-refractivity contribution in [3.63, 3.8) is 0 Å². The number of nitrogens with one attached hydrogen (secondary N) is 1. The van der Waals surface area contributed by atoms with E-state index in [9.17, 15) is 4.79 Å². The average Bonchev–Trinajstić information content (AvgIpc) is 2.79. The highest BCUT2D eigenvalue weighted by molar-refractivity contribution is 5.83. The fourth-order valence-electron chi connectivity index (χ4n) is 1.62. The van der Waals surface area contributed by atoms with Gasteiger partial charge in [0.1, 0.15) is 0 Å². The Morgan fingerprint density at radius 2 is 2.00 bits per heavy atom. The van der Waals surface area contributed by atoms with Crippen molar-refractivity contribution < 1.29 is 4.79 Å². The summed E-state index contributed by atoms with van der Waals surface area (Å²) in [5.74, 6) is -0.0105. The van der Waals surface area contributed by atoms with Crippen LogP contribution in [0.3, 0.4) is 0 Å². The Labute approximate surface area is 100 Å². The van der Waals surface area contributed by atoms with E-state index in [1.165, 1.54) is 0 Å². The van der Waals surface area contributed by atoms with E-state index in [-0.39, 0.29) is 5.91 Å². The first-order valence-electron chi connectivity index (χ1n) is 5.51. The Bertz CT molecular complexity index is 491. The van der Waals surface area contributed by atoms with E-state index in [4.69, 9.17) is 5.73 Å². The summed E-state index contributed by atoms with van der Waals surface area (Å²) in [5.41, 5.74) is 10.2. The molecule has 2 aromatic rings. The smallest absolute Gasteiger partial charge is 0.239 e. The zero-order chi connectivity index (χ0) is 12.1. The molecule has 0 saturated heterocycles. The van der Waals surface area contributed by atoms with Crippen molar-refractivity contribution in [3.05, 3.63) is 54.4 Å². The Balaban J connectivity index is 1.84. The lowest BCUT2D eigenvalue weighted by molar-refractivity contribution is -0.117. The first-order valence-corrected chi connectivity index (χ1v) is 5.51. The molecule has 0 aliphatic rings. The normalized spacial score (nSPS) is 10.1. The van der Waals surface area contributed by atoms with Crippen molar-refractivity contribution in [2.24, 2.45) is 0 Å². The quantitative estimate of drug-likeness (QED) is 0.785. The second-order valence-electron chi connectivity index (χ2n) is 3.87. The summed E-state index contributed by atoms with van der Waals surface area (Å²) in [6.45, 7) is 0. The minimum Gasteiger partial charge on any atom is -0.399 e. The Morgan fingerprint density at radius 3 is 2.71 bits per heavy atom. The van der Waals surface area contributed by atoms with Crippen molar-refractivity contribution >= 4 is 11.6 Å². The number of carbonyl (C=O) groups excluding carboxylic acids is 1. The van der Waals surface area contributed by atoms with Gasteiger partial charge in [0.15, 0.2) is 0 Å². The van der Waals surface area contributed by atoms with Gasteiger partial charge >= 0.3 is 0 Å². The van der Waals surface area contributed by atoms with Crippen LogP contribution in [0.25, 0.3) is 0 Å². The van der Waals surface area contributed by atoms with Gasteiger partial charge in [-0.1, -0.05) is 12.1 Å². The molecule has 1 heterocycles. The highest BCUT2D eigenvalue weighted by atomic mass is 16.2. The van der Waals surface area contributed by atoms with Gasteiger partial charge in [0, 0.05) is 24.5 Å². The summed E-state index contributed by atoms with van der Waals surface area (Å²) in [5, 5.41) is 0. The maximum atomic E-state index is 11.6. The molecular weight excluding hydrogens is 214 g/mol. The lowest BCUT2D eigenvalue weighted by Crippen LogP contribution is -2.21. The molecule has 88 valence electrons. The van der Waals surface area contributed by atoms with Gasteiger partial charge in [-0.25, -0.2) is 0 Å². The number of hydrogen-bond donors (Lipinski definition) is 2. The van der Waals surface area contributed by atoms with E-state index in [1.807, 2.05) is 36.4 Å². The molecule has 4 heteroatoms. The van der Waals surface area contributed by atoms with E-state index in [1.54, 1.807) is 17.1 Å². The number of rotatable bonds is 4. The van der Waals surface area contributed by atoms with E-state index < -0.39 is 0 Å². The van der Waals surface area contributed by atoms with Gasteiger partial charge in [-0.3, -0.25) is 14.9 Å². The largest absolute Gasteiger partial charge is 0.399 e. The average molecular weight is 229 g/mol. The van der Waals surface area contributed by atoms with Gasteiger partial charge < -0.3 is 5.73 Å². The van der Waals surface area contributed by atoms with Crippen LogP contribution in [0.1, 0.15) is 12.0 Å². The van der Waals surface area contributed by atoms with Gasteiger partial charge in [-0.05, 0) is 36.2 Å². The number of aromatic nitrogens is 1. The van der Waals surface area contributed by atoms with E-state index in [0.717, 1.165) is 11.3 Å². The molecule has 2 rings (SSSR count). The van der Waals surface area contributed by atoms with Crippen molar-refractivity contribution in [1.82, 2.24) is 4.68 Å². The molecule has 0 fully saturated rings. The number of amides is 1. The first kappa shape index (κ1) is 11.3. The number of benzene rings is 1. The van der Waals surface area contributed by atoms with Gasteiger partial charge in [0.2, 0.25) is 5.91 Å². The molecule has 0 saturated carbocycles.